The molecule has 0 rings (SSSR count). The van der Waals surface area contributed by atoms with Gasteiger partial charge in [-0.1, -0.05) is 27.7 Å². The molecule has 0 bridgehead atoms. The molecule has 11 heavy (non-hydrogen) atoms. The van der Waals surface area contributed by atoms with E-state index in [1.54, 1.807) is 6.92 Å². The summed E-state index contributed by atoms with van der Waals surface area (Å²) < 4.78 is 0. The van der Waals surface area contributed by atoms with Crippen LogP contribution in [0.1, 0.15) is 41.5 Å². The molecule has 2 atom stereocenters. The third-order valence-electron chi connectivity index (χ3n) is 1.32. The van der Waals surface area contributed by atoms with Gasteiger partial charge in [0.1, 0.15) is 0 Å². The highest BCUT2D eigenvalue weighted by molar-refractivity contribution is 4.68. The number of rotatable bonds is 3. The highest BCUT2D eigenvalue weighted by Gasteiger charge is 2.07. The molecule has 0 radical (unpaired) electrons. The predicted octanol–water partition coefficient (Wildman–Crippen LogP) is 1.78. The molecule has 0 aliphatic rings. The van der Waals surface area contributed by atoms with Gasteiger partial charge in [0, 0.05) is 12.1 Å². The molecule has 0 aromatic rings. The number of hydrogen-bond acceptors (Lipinski definition) is 2. The molecule has 0 saturated heterocycles. The lowest BCUT2D eigenvalue weighted by molar-refractivity contribution is 0.148. The first-order chi connectivity index (χ1) is 5.04. The van der Waals surface area contributed by atoms with Crippen molar-refractivity contribution in [3.05, 3.63) is 0 Å². The van der Waals surface area contributed by atoms with E-state index < -0.39 is 0 Å². The van der Waals surface area contributed by atoms with E-state index in [1.807, 2.05) is 20.8 Å². The van der Waals surface area contributed by atoms with Crippen molar-refractivity contribution in [2.75, 3.05) is 0 Å². The standard InChI is InChI=1S/C7H17NO.C2H6/c1-5(2)8-6(3)7(4)9;1-2/h5-9H,1-4H3;1-2H3/t6?,7-;/m1./s1. The van der Waals surface area contributed by atoms with Crippen molar-refractivity contribution in [1.82, 2.24) is 5.32 Å². The second-order valence-corrected chi connectivity index (χ2v) is 2.85. The van der Waals surface area contributed by atoms with Crippen LogP contribution in [0.5, 0.6) is 0 Å². The molecule has 0 aromatic heterocycles. The van der Waals surface area contributed by atoms with Gasteiger partial charge in [0.15, 0.2) is 0 Å². The summed E-state index contributed by atoms with van der Waals surface area (Å²) >= 11 is 0. The molecule has 0 heterocycles. The monoisotopic (exact) mass is 161 g/mol. The summed E-state index contributed by atoms with van der Waals surface area (Å²) in [6.45, 7) is 11.9. The van der Waals surface area contributed by atoms with Crippen molar-refractivity contribution in [1.29, 1.82) is 0 Å². The molecule has 0 aliphatic carbocycles. The number of hydrogen-bond donors (Lipinski definition) is 2. The summed E-state index contributed by atoms with van der Waals surface area (Å²) in [5, 5.41) is 12.2. The second-order valence-electron chi connectivity index (χ2n) is 2.85. The summed E-state index contributed by atoms with van der Waals surface area (Å²) in [5.41, 5.74) is 0. The molecule has 2 heteroatoms. The highest BCUT2D eigenvalue weighted by Crippen LogP contribution is 1.91. The fourth-order valence-corrected chi connectivity index (χ4v) is 0.665. The normalized spacial score (nSPS) is 15.3. The molecule has 0 spiro atoms. The van der Waals surface area contributed by atoms with Gasteiger partial charge in [-0.15, -0.1) is 0 Å². The van der Waals surface area contributed by atoms with Crippen molar-refractivity contribution in [2.45, 2.75) is 59.7 Å². The molecule has 2 N–H and O–H groups in total. The van der Waals surface area contributed by atoms with Crippen molar-refractivity contribution >= 4 is 0 Å². The third kappa shape index (κ3) is 9.92. The van der Waals surface area contributed by atoms with Gasteiger partial charge in [-0.25, -0.2) is 0 Å². The Bertz CT molecular complexity index is 72.0. The van der Waals surface area contributed by atoms with Crippen molar-refractivity contribution < 1.29 is 5.11 Å². The Morgan fingerprint density at radius 3 is 1.45 bits per heavy atom. The number of aliphatic hydroxyl groups is 1. The largest absolute Gasteiger partial charge is 0.392 e. The Hall–Kier alpha value is -0.0800. The zero-order valence-electron chi connectivity index (χ0n) is 8.68. The van der Waals surface area contributed by atoms with Crippen molar-refractivity contribution in [3.63, 3.8) is 0 Å². The second kappa shape index (κ2) is 8.02. The van der Waals surface area contributed by atoms with Crippen LogP contribution in [0.15, 0.2) is 0 Å². The Morgan fingerprint density at radius 1 is 1.00 bits per heavy atom. The van der Waals surface area contributed by atoms with Crippen LogP contribution < -0.4 is 5.32 Å². The molecule has 1 unspecified atom stereocenters. The van der Waals surface area contributed by atoms with Gasteiger partial charge in [-0.2, -0.15) is 0 Å². The quantitative estimate of drug-likeness (QED) is 0.661. The molecule has 0 fully saturated rings. The summed E-state index contributed by atoms with van der Waals surface area (Å²) in [7, 11) is 0. The van der Waals surface area contributed by atoms with E-state index in [9.17, 15) is 0 Å². The molecule has 0 amide bonds. The molecular formula is C9H23NO. The molecule has 0 aromatic carbocycles. The summed E-state index contributed by atoms with van der Waals surface area (Å²) in [6, 6.07) is 0.652. The SMILES string of the molecule is CC.CC(C)NC(C)[C@@H](C)O. The van der Waals surface area contributed by atoms with Gasteiger partial charge in [-0.05, 0) is 13.8 Å². The fraction of sp³-hybridized carbons (Fsp3) is 1.00. The lowest BCUT2D eigenvalue weighted by atomic mass is 10.2. The summed E-state index contributed by atoms with van der Waals surface area (Å²) in [6.07, 6.45) is -0.257. The van der Waals surface area contributed by atoms with E-state index >= 15 is 0 Å². The third-order valence-corrected chi connectivity index (χ3v) is 1.32. The zero-order chi connectivity index (χ0) is 9.44. The minimum atomic E-state index is -0.257. The number of aliphatic hydroxyl groups excluding tert-OH is 1. The lowest BCUT2D eigenvalue weighted by Crippen LogP contribution is -2.39. The average Bonchev–Trinajstić information content (AvgIpc) is 1.90. The Morgan fingerprint density at radius 2 is 1.36 bits per heavy atom. The van der Waals surface area contributed by atoms with Crippen LogP contribution >= 0.6 is 0 Å². The molecule has 0 aliphatic heterocycles. The van der Waals surface area contributed by atoms with E-state index in [2.05, 4.69) is 19.2 Å². The minimum Gasteiger partial charge on any atom is -0.392 e. The van der Waals surface area contributed by atoms with Crippen LogP contribution in [-0.4, -0.2) is 23.3 Å². The predicted molar refractivity (Wildman–Crippen MR) is 50.8 cm³/mol. The Labute approximate surface area is 71.0 Å². The van der Waals surface area contributed by atoms with Gasteiger partial charge in [-0.3, -0.25) is 0 Å². The van der Waals surface area contributed by atoms with E-state index in [-0.39, 0.29) is 12.1 Å². The van der Waals surface area contributed by atoms with Crippen LogP contribution in [0.3, 0.4) is 0 Å². The van der Waals surface area contributed by atoms with Crippen LogP contribution in [0.2, 0.25) is 0 Å². The van der Waals surface area contributed by atoms with Gasteiger partial charge in [0.05, 0.1) is 6.10 Å². The maximum atomic E-state index is 9.01. The molecule has 2 nitrogen and oxygen atoms in total. The van der Waals surface area contributed by atoms with E-state index in [1.165, 1.54) is 0 Å². The molecule has 70 valence electrons. The van der Waals surface area contributed by atoms with Crippen LogP contribution in [0, 0.1) is 0 Å². The molecular weight excluding hydrogens is 138 g/mol. The van der Waals surface area contributed by atoms with E-state index in [0.29, 0.717) is 6.04 Å². The topological polar surface area (TPSA) is 32.3 Å². The van der Waals surface area contributed by atoms with E-state index in [4.69, 9.17) is 5.11 Å². The first kappa shape index (κ1) is 13.5. The first-order valence-electron chi connectivity index (χ1n) is 4.48. The van der Waals surface area contributed by atoms with Gasteiger partial charge in [0.2, 0.25) is 0 Å². The van der Waals surface area contributed by atoms with Crippen molar-refractivity contribution in [3.8, 4) is 0 Å². The van der Waals surface area contributed by atoms with E-state index in [0.717, 1.165) is 0 Å². The summed E-state index contributed by atoms with van der Waals surface area (Å²) in [5.74, 6) is 0. The summed E-state index contributed by atoms with van der Waals surface area (Å²) in [4.78, 5) is 0. The van der Waals surface area contributed by atoms with Gasteiger partial charge >= 0.3 is 0 Å². The average molecular weight is 161 g/mol. The van der Waals surface area contributed by atoms with Gasteiger partial charge < -0.3 is 10.4 Å². The maximum absolute atomic E-state index is 9.01. The van der Waals surface area contributed by atoms with Crippen LogP contribution in [-0.2, 0) is 0 Å². The smallest absolute Gasteiger partial charge is 0.0662 e. The number of nitrogens with one attached hydrogen (secondary N) is 1. The van der Waals surface area contributed by atoms with Crippen molar-refractivity contribution in [2.24, 2.45) is 0 Å². The lowest BCUT2D eigenvalue weighted by Gasteiger charge is -2.18. The minimum absolute atomic E-state index is 0.199. The maximum Gasteiger partial charge on any atom is 0.0662 e. The zero-order valence-corrected chi connectivity index (χ0v) is 8.68. The molecule has 0 saturated carbocycles. The van der Waals surface area contributed by atoms with Crippen LogP contribution in [0.25, 0.3) is 0 Å². The highest BCUT2D eigenvalue weighted by atomic mass is 16.3. The Kier molecular flexibility index (Phi) is 9.85. The van der Waals surface area contributed by atoms with Gasteiger partial charge in [0.25, 0.3) is 0 Å². The fourth-order valence-electron chi connectivity index (χ4n) is 0.665. The van der Waals surface area contributed by atoms with Crippen LogP contribution in [0.4, 0.5) is 0 Å². The Balaban J connectivity index is 0. The first-order valence-corrected chi connectivity index (χ1v) is 4.48.